The van der Waals surface area contributed by atoms with Crippen molar-refractivity contribution in [2.75, 3.05) is 26.7 Å². The average molecular weight is 293 g/mol. The summed E-state index contributed by atoms with van der Waals surface area (Å²) in [5.41, 5.74) is 1.24. The molecule has 0 spiro atoms. The second-order valence-corrected chi connectivity index (χ2v) is 5.91. The van der Waals surface area contributed by atoms with E-state index in [0.717, 1.165) is 31.9 Å². The molecule has 0 saturated carbocycles. The van der Waals surface area contributed by atoms with Crippen LogP contribution in [0.5, 0.6) is 5.88 Å². The summed E-state index contributed by atoms with van der Waals surface area (Å²) in [6.07, 6.45) is 5.40. The summed E-state index contributed by atoms with van der Waals surface area (Å²) >= 11 is 0. The summed E-state index contributed by atoms with van der Waals surface area (Å²) in [5, 5.41) is 3.37. The Morgan fingerprint density at radius 3 is 2.71 bits per heavy atom. The molecule has 0 aromatic carbocycles. The van der Waals surface area contributed by atoms with Crippen molar-refractivity contribution in [1.29, 1.82) is 0 Å². The maximum Gasteiger partial charge on any atom is 0.213 e. The second-order valence-electron chi connectivity index (χ2n) is 5.91. The lowest BCUT2D eigenvalue weighted by molar-refractivity contribution is 0.293. The van der Waals surface area contributed by atoms with Gasteiger partial charge in [-0.1, -0.05) is 33.3 Å². The normalized spacial score (nSPS) is 11.3. The highest BCUT2D eigenvalue weighted by atomic mass is 16.5. The van der Waals surface area contributed by atoms with Gasteiger partial charge >= 0.3 is 0 Å². The van der Waals surface area contributed by atoms with E-state index in [1.165, 1.54) is 18.4 Å². The van der Waals surface area contributed by atoms with Crippen LogP contribution in [0.15, 0.2) is 18.3 Å². The molecule has 4 nitrogen and oxygen atoms in total. The quantitative estimate of drug-likeness (QED) is 0.636. The Morgan fingerprint density at radius 2 is 2.10 bits per heavy atom. The average Bonchev–Trinajstić information content (AvgIpc) is 2.46. The van der Waals surface area contributed by atoms with Gasteiger partial charge in [-0.05, 0) is 38.5 Å². The Hall–Kier alpha value is -1.13. The molecule has 0 saturated heterocycles. The highest BCUT2D eigenvalue weighted by molar-refractivity contribution is 5.17. The van der Waals surface area contributed by atoms with E-state index in [2.05, 4.69) is 49.1 Å². The highest BCUT2D eigenvalue weighted by Gasteiger charge is 2.01. The third kappa shape index (κ3) is 8.68. The molecule has 0 bridgehead atoms. The van der Waals surface area contributed by atoms with Gasteiger partial charge in [0, 0.05) is 24.8 Å². The van der Waals surface area contributed by atoms with Crippen molar-refractivity contribution in [3.05, 3.63) is 23.9 Å². The molecule has 1 N–H and O–H groups in total. The minimum Gasteiger partial charge on any atom is -0.478 e. The van der Waals surface area contributed by atoms with E-state index in [4.69, 9.17) is 4.74 Å². The fourth-order valence-corrected chi connectivity index (χ4v) is 2.05. The summed E-state index contributed by atoms with van der Waals surface area (Å²) in [6.45, 7) is 10.3. The van der Waals surface area contributed by atoms with Gasteiger partial charge in [0.1, 0.15) is 0 Å². The number of aromatic nitrogens is 1. The van der Waals surface area contributed by atoms with Crippen LogP contribution in [-0.4, -0.2) is 42.7 Å². The van der Waals surface area contributed by atoms with Crippen molar-refractivity contribution in [1.82, 2.24) is 15.2 Å². The Bertz CT molecular complexity index is 365. The molecule has 1 rings (SSSR count). The van der Waals surface area contributed by atoms with Gasteiger partial charge in [-0.3, -0.25) is 0 Å². The predicted octanol–water partition coefficient (Wildman–Crippen LogP) is 3.08. The SMILES string of the molecule is CCCCN(C)Cc1ccc(OCCCNC(C)C)nc1. The van der Waals surface area contributed by atoms with Crippen LogP contribution in [0, 0.1) is 0 Å². The van der Waals surface area contributed by atoms with Crippen LogP contribution in [0.1, 0.15) is 45.6 Å². The summed E-state index contributed by atoms with van der Waals surface area (Å²) in [4.78, 5) is 6.71. The zero-order chi connectivity index (χ0) is 15.5. The monoisotopic (exact) mass is 293 g/mol. The molecule has 1 aromatic heterocycles. The van der Waals surface area contributed by atoms with E-state index in [-0.39, 0.29) is 0 Å². The van der Waals surface area contributed by atoms with E-state index in [1.807, 2.05) is 12.3 Å². The number of nitrogens with one attached hydrogen (secondary N) is 1. The molecule has 1 aromatic rings. The van der Waals surface area contributed by atoms with Gasteiger partial charge in [0.25, 0.3) is 0 Å². The first kappa shape index (κ1) is 17.9. The van der Waals surface area contributed by atoms with Crippen LogP contribution < -0.4 is 10.1 Å². The molecule has 0 atom stereocenters. The number of unbranched alkanes of at least 4 members (excludes halogenated alkanes) is 1. The molecule has 21 heavy (non-hydrogen) atoms. The molecule has 1 heterocycles. The summed E-state index contributed by atoms with van der Waals surface area (Å²) in [5.74, 6) is 0.722. The zero-order valence-electron chi connectivity index (χ0n) is 14.1. The van der Waals surface area contributed by atoms with Crippen LogP contribution in [0.2, 0.25) is 0 Å². The van der Waals surface area contributed by atoms with E-state index in [0.29, 0.717) is 12.6 Å². The Morgan fingerprint density at radius 1 is 1.29 bits per heavy atom. The Labute approximate surface area is 129 Å². The van der Waals surface area contributed by atoms with Gasteiger partial charge in [-0.2, -0.15) is 0 Å². The highest BCUT2D eigenvalue weighted by Crippen LogP contribution is 2.09. The molecule has 0 aliphatic carbocycles. The van der Waals surface area contributed by atoms with E-state index in [9.17, 15) is 0 Å². The Kier molecular flexibility index (Phi) is 9.02. The summed E-state index contributed by atoms with van der Waals surface area (Å²) in [6, 6.07) is 4.61. The molecule has 4 heteroatoms. The van der Waals surface area contributed by atoms with Gasteiger partial charge in [0.05, 0.1) is 6.61 Å². The van der Waals surface area contributed by atoms with Crippen LogP contribution in [0.3, 0.4) is 0 Å². The van der Waals surface area contributed by atoms with Crippen molar-refractivity contribution in [2.24, 2.45) is 0 Å². The van der Waals surface area contributed by atoms with Crippen molar-refractivity contribution in [3.8, 4) is 5.88 Å². The third-order valence-electron chi connectivity index (χ3n) is 3.27. The lowest BCUT2D eigenvalue weighted by Crippen LogP contribution is -2.24. The van der Waals surface area contributed by atoms with Gasteiger partial charge in [-0.25, -0.2) is 4.98 Å². The summed E-state index contributed by atoms with van der Waals surface area (Å²) in [7, 11) is 2.15. The molecule has 0 amide bonds. The maximum atomic E-state index is 5.65. The van der Waals surface area contributed by atoms with E-state index < -0.39 is 0 Å². The number of hydrogen-bond acceptors (Lipinski definition) is 4. The minimum absolute atomic E-state index is 0.534. The van der Waals surface area contributed by atoms with Crippen molar-refractivity contribution >= 4 is 0 Å². The summed E-state index contributed by atoms with van der Waals surface area (Å²) < 4.78 is 5.65. The van der Waals surface area contributed by atoms with Crippen LogP contribution in [-0.2, 0) is 6.54 Å². The van der Waals surface area contributed by atoms with Crippen LogP contribution in [0.4, 0.5) is 0 Å². The number of ether oxygens (including phenoxy) is 1. The molecule has 0 radical (unpaired) electrons. The van der Waals surface area contributed by atoms with Gasteiger partial charge < -0.3 is 15.0 Å². The zero-order valence-corrected chi connectivity index (χ0v) is 14.1. The maximum absolute atomic E-state index is 5.65. The van der Waals surface area contributed by atoms with E-state index in [1.54, 1.807) is 0 Å². The minimum atomic E-state index is 0.534. The number of nitrogens with zero attached hydrogens (tertiary/aromatic N) is 2. The van der Waals surface area contributed by atoms with Gasteiger partial charge in [-0.15, -0.1) is 0 Å². The van der Waals surface area contributed by atoms with Crippen molar-refractivity contribution < 1.29 is 4.74 Å². The van der Waals surface area contributed by atoms with Gasteiger partial charge in [0.2, 0.25) is 5.88 Å². The standard InChI is InChI=1S/C17H31N3O/c1-5-6-11-20(4)14-16-8-9-17(19-13-16)21-12-7-10-18-15(2)3/h8-9,13,15,18H,5-7,10-12,14H2,1-4H3. The smallest absolute Gasteiger partial charge is 0.213 e. The fourth-order valence-electron chi connectivity index (χ4n) is 2.05. The van der Waals surface area contributed by atoms with Crippen LogP contribution >= 0.6 is 0 Å². The molecule has 0 aliphatic heterocycles. The molecule has 120 valence electrons. The number of rotatable bonds is 11. The van der Waals surface area contributed by atoms with Crippen LogP contribution in [0.25, 0.3) is 0 Å². The third-order valence-corrected chi connectivity index (χ3v) is 3.27. The molecule has 0 unspecified atom stereocenters. The lowest BCUT2D eigenvalue weighted by atomic mass is 10.2. The van der Waals surface area contributed by atoms with Gasteiger partial charge in [0.15, 0.2) is 0 Å². The van der Waals surface area contributed by atoms with Crippen molar-refractivity contribution in [2.45, 2.75) is 52.6 Å². The molecule has 0 fully saturated rings. The topological polar surface area (TPSA) is 37.4 Å². The van der Waals surface area contributed by atoms with E-state index >= 15 is 0 Å². The molecular formula is C17H31N3O. The fraction of sp³-hybridized carbons (Fsp3) is 0.706. The largest absolute Gasteiger partial charge is 0.478 e. The number of hydrogen-bond donors (Lipinski definition) is 1. The first-order chi connectivity index (χ1) is 10.1. The first-order valence-electron chi connectivity index (χ1n) is 8.11. The molecule has 0 aliphatic rings. The lowest BCUT2D eigenvalue weighted by Gasteiger charge is -2.16. The predicted molar refractivity (Wildman–Crippen MR) is 88.7 cm³/mol. The first-order valence-corrected chi connectivity index (χ1v) is 8.11. The van der Waals surface area contributed by atoms with Crippen molar-refractivity contribution in [3.63, 3.8) is 0 Å². The Balaban J connectivity index is 2.23. The molecular weight excluding hydrogens is 262 g/mol. The second kappa shape index (κ2) is 10.6. The number of pyridine rings is 1.